The number of amides is 3. The van der Waals surface area contributed by atoms with Gasteiger partial charge in [-0.3, -0.25) is 4.79 Å². The molecule has 0 aromatic heterocycles. The number of halogens is 1. The third-order valence-corrected chi connectivity index (χ3v) is 4.62. The second kappa shape index (κ2) is 9.51. The number of hydrogen-bond acceptors (Lipinski definition) is 3. The highest BCUT2D eigenvalue weighted by Crippen LogP contribution is 2.23. The predicted octanol–water partition coefficient (Wildman–Crippen LogP) is 2.54. The van der Waals surface area contributed by atoms with Crippen LogP contribution in [0, 0.1) is 0 Å². The van der Waals surface area contributed by atoms with Gasteiger partial charge in [-0.05, 0) is 30.5 Å². The quantitative estimate of drug-likeness (QED) is 0.869. The van der Waals surface area contributed by atoms with E-state index in [9.17, 15) is 9.59 Å². The normalized spacial score (nSPS) is 14.8. The fraction of sp³-hybridized carbons (Fsp3) is 0.556. The van der Waals surface area contributed by atoms with Gasteiger partial charge in [-0.15, -0.1) is 0 Å². The zero-order valence-electron chi connectivity index (χ0n) is 14.9. The van der Waals surface area contributed by atoms with Crippen molar-refractivity contribution < 1.29 is 14.3 Å². The lowest BCUT2D eigenvalue weighted by molar-refractivity contribution is -0.130. The highest BCUT2D eigenvalue weighted by molar-refractivity contribution is 6.31. The summed E-state index contributed by atoms with van der Waals surface area (Å²) in [7, 11) is 1.58. The molecule has 1 aromatic carbocycles. The molecule has 1 aliphatic rings. The first-order valence-electron chi connectivity index (χ1n) is 8.68. The van der Waals surface area contributed by atoms with Gasteiger partial charge in [0.2, 0.25) is 5.91 Å². The van der Waals surface area contributed by atoms with Crippen LogP contribution in [0.5, 0.6) is 5.75 Å². The number of nitrogens with zero attached hydrogens (tertiary/aromatic N) is 2. The molecule has 1 aliphatic heterocycles. The number of carbonyl (C=O) groups is 2. The van der Waals surface area contributed by atoms with Crippen molar-refractivity contribution in [2.45, 2.75) is 26.2 Å². The van der Waals surface area contributed by atoms with Crippen molar-refractivity contribution in [3.63, 3.8) is 0 Å². The molecule has 0 saturated carbocycles. The fourth-order valence-corrected chi connectivity index (χ4v) is 3.02. The summed E-state index contributed by atoms with van der Waals surface area (Å²) >= 11 is 6.22. The van der Waals surface area contributed by atoms with Gasteiger partial charge in [-0.1, -0.05) is 24.6 Å². The highest BCUT2D eigenvalue weighted by Gasteiger charge is 2.22. The third kappa shape index (κ3) is 5.53. The standard InChI is InChI=1S/C18H26ClN3O3/c1-3-7-20-18(24)22-9-4-8-21(10-11-22)17(23)12-14-5-6-15(25-2)13-16(14)19/h5-6,13H,3-4,7-12H2,1-2H3,(H,20,24). The lowest BCUT2D eigenvalue weighted by atomic mass is 10.1. The SMILES string of the molecule is CCCNC(=O)N1CCCN(C(=O)Cc2ccc(OC)cc2Cl)CC1. The maximum Gasteiger partial charge on any atom is 0.317 e. The van der Waals surface area contributed by atoms with E-state index in [2.05, 4.69) is 5.32 Å². The Kier molecular flexibility index (Phi) is 7.37. The Bertz CT molecular complexity index is 609. The van der Waals surface area contributed by atoms with Gasteiger partial charge in [0.05, 0.1) is 13.5 Å². The maximum absolute atomic E-state index is 12.6. The van der Waals surface area contributed by atoms with Gasteiger partial charge in [0.25, 0.3) is 0 Å². The molecule has 1 heterocycles. The molecule has 0 aliphatic carbocycles. The topological polar surface area (TPSA) is 61.9 Å². The summed E-state index contributed by atoms with van der Waals surface area (Å²) in [5.41, 5.74) is 0.786. The van der Waals surface area contributed by atoms with Crippen molar-refractivity contribution in [1.29, 1.82) is 0 Å². The Balaban J connectivity index is 1.91. The molecule has 1 N–H and O–H groups in total. The second-order valence-electron chi connectivity index (χ2n) is 6.09. The number of methoxy groups -OCH3 is 1. The van der Waals surface area contributed by atoms with Crippen LogP contribution in [-0.4, -0.2) is 61.6 Å². The number of benzene rings is 1. The average molecular weight is 368 g/mol. The van der Waals surface area contributed by atoms with E-state index in [-0.39, 0.29) is 18.4 Å². The molecule has 1 fully saturated rings. The van der Waals surface area contributed by atoms with Crippen molar-refractivity contribution >= 4 is 23.5 Å². The van der Waals surface area contributed by atoms with E-state index < -0.39 is 0 Å². The van der Waals surface area contributed by atoms with Crippen LogP contribution in [0.1, 0.15) is 25.3 Å². The van der Waals surface area contributed by atoms with E-state index in [1.165, 1.54) is 0 Å². The predicted molar refractivity (Wildman–Crippen MR) is 98.2 cm³/mol. The Labute approximate surface area is 154 Å². The molecule has 1 aromatic rings. The van der Waals surface area contributed by atoms with Crippen molar-refractivity contribution in [2.24, 2.45) is 0 Å². The van der Waals surface area contributed by atoms with Gasteiger partial charge in [-0.25, -0.2) is 4.79 Å². The number of carbonyl (C=O) groups excluding carboxylic acids is 2. The first-order valence-corrected chi connectivity index (χ1v) is 9.06. The number of nitrogens with one attached hydrogen (secondary N) is 1. The molecule has 138 valence electrons. The Hall–Kier alpha value is -1.95. The minimum atomic E-state index is -0.0469. The van der Waals surface area contributed by atoms with Crippen molar-refractivity contribution in [1.82, 2.24) is 15.1 Å². The molecule has 1 saturated heterocycles. The van der Waals surface area contributed by atoms with Gasteiger partial charge >= 0.3 is 6.03 Å². The van der Waals surface area contributed by atoms with E-state index in [0.29, 0.717) is 43.5 Å². The summed E-state index contributed by atoms with van der Waals surface area (Å²) < 4.78 is 5.13. The zero-order chi connectivity index (χ0) is 18.2. The fourth-order valence-electron chi connectivity index (χ4n) is 2.79. The molecule has 6 nitrogen and oxygen atoms in total. The molecule has 0 spiro atoms. The smallest absolute Gasteiger partial charge is 0.317 e. The molecule has 0 unspecified atom stereocenters. The van der Waals surface area contributed by atoms with Gasteiger partial charge in [0.1, 0.15) is 5.75 Å². The monoisotopic (exact) mass is 367 g/mol. The highest BCUT2D eigenvalue weighted by atomic mass is 35.5. The molecule has 3 amide bonds. The van der Waals surface area contributed by atoms with E-state index >= 15 is 0 Å². The molecule has 7 heteroatoms. The largest absolute Gasteiger partial charge is 0.497 e. The van der Waals surface area contributed by atoms with Crippen LogP contribution in [0.25, 0.3) is 0 Å². The van der Waals surface area contributed by atoms with Crippen LogP contribution in [0.4, 0.5) is 4.79 Å². The molecule has 0 radical (unpaired) electrons. The van der Waals surface area contributed by atoms with E-state index in [1.54, 1.807) is 24.1 Å². The van der Waals surface area contributed by atoms with E-state index in [1.807, 2.05) is 17.9 Å². The Morgan fingerprint density at radius 1 is 1.20 bits per heavy atom. The first kappa shape index (κ1) is 19.4. The number of hydrogen-bond donors (Lipinski definition) is 1. The molecule has 0 bridgehead atoms. The molecule has 2 rings (SSSR count). The summed E-state index contributed by atoms with van der Waals surface area (Å²) in [6.07, 6.45) is 1.94. The minimum absolute atomic E-state index is 0.0304. The zero-order valence-corrected chi connectivity index (χ0v) is 15.6. The number of urea groups is 1. The number of rotatable bonds is 5. The number of ether oxygens (including phenoxy) is 1. The van der Waals surface area contributed by atoms with Gasteiger partial charge in [0, 0.05) is 37.7 Å². The Morgan fingerprint density at radius 3 is 2.60 bits per heavy atom. The van der Waals surface area contributed by atoms with Gasteiger partial charge < -0.3 is 19.9 Å². The average Bonchev–Trinajstić information content (AvgIpc) is 2.87. The lowest BCUT2D eigenvalue weighted by Crippen LogP contribution is -2.43. The van der Waals surface area contributed by atoms with Crippen LogP contribution in [-0.2, 0) is 11.2 Å². The maximum atomic E-state index is 12.6. The van der Waals surface area contributed by atoms with Crippen LogP contribution in [0.15, 0.2) is 18.2 Å². The van der Waals surface area contributed by atoms with E-state index in [4.69, 9.17) is 16.3 Å². The molecule has 25 heavy (non-hydrogen) atoms. The molecule has 0 atom stereocenters. The third-order valence-electron chi connectivity index (χ3n) is 4.26. The van der Waals surface area contributed by atoms with Crippen LogP contribution in [0.2, 0.25) is 5.02 Å². The van der Waals surface area contributed by atoms with Crippen LogP contribution >= 0.6 is 11.6 Å². The summed E-state index contributed by atoms with van der Waals surface area (Å²) in [5, 5.41) is 3.42. The molecular weight excluding hydrogens is 342 g/mol. The summed E-state index contributed by atoms with van der Waals surface area (Å²) in [5.74, 6) is 0.701. The summed E-state index contributed by atoms with van der Waals surface area (Å²) in [6.45, 7) is 5.12. The van der Waals surface area contributed by atoms with E-state index in [0.717, 1.165) is 18.4 Å². The van der Waals surface area contributed by atoms with Crippen LogP contribution < -0.4 is 10.1 Å². The summed E-state index contributed by atoms with van der Waals surface area (Å²) in [4.78, 5) is 28.3. The van der Waals surface area contributed by atoms with Gasteiger partial charge in [-0.2, -0.15) is 0 Å². The molecular formula is C18H26ClN3O3. The Morgan fingerprint density at radius 2 is 1.92 bits per heavy atom. The minimum Gasteiger partial charge on any atom is -0.497 e. The lowest BCUT2D eigenvalue weighted by Gasteiger charge is -2.22. The second-order valence-corrected chi connectivity index (χ2v) is 6.49. The van der Waals surface area contributed by atoms with Crippen molar-refractivity contribution in [3.8, 4) is 5.75 Å². The first-order chi connectivity index (χ1) is 12.0. The van der Waals surface area contributed by atoms with Crippen molar-refractivity contribution in [3.05, 3.63) is 28.8 Å². The van der Waals surface area contributed by atoms with Crippen LogP contribution in [0.3, 0.4) is 0 Å². The van der Waals surface area contributed by atoms with Crippen molar-refractivity contribution in [2.75, 3.05) is 39.8 Å². The van der Waals surface area contributed by atoms with Gasteiger partial charge in [0.15, 0.2) is 0 Å². The summed E-state index contributed by atoms with van der Waals surface area (Å²) in [6, 6.07) is 5.29.